The molecular formula is C27H24F3N4O5P. The molecule has 0 unspecified atom stereocenters. The van der Waals surface area contributed by atoms with E-state index in [4.69, 9.17) is 26.8 Å². The lowest BCUT2D eigenvalue weighted by Crippen LogP contribution is -2.39. The average molecular weight is 572 g/mol. The molecule has 4 aromatic rings. The quantitative estimate of drug-likeness (QED) is 0.139. The summed E-state index contributed by atoms with van der Waals surface area (Å²) in [7, 11) is -4.85. The number of phosphoric ester groups is 1. The van der Waals surface area contributed by atoms with Gasteiger partial charge in [-0.3, -0.25) is 9.51 Å². The van der Waals surface area contributed by atoms with Crippen LogP contribution in [0.15, 0.2) is 72.8 Å². The van der Waals surface area contributed by atoms with E-state index < -0.39 is 37.5 Å². The number of alkyl halides is 3. The number of aromatic nitrogens is 2. The molecule has 0 aliphatic carbocycles. The summed E-state index contributed by atoms with van der Waals surface area (Å²) >= 11 is 0. The molecule has 9 nitrogen and oxygen atoms in total. The van der Waals surface area contributed by atoms with Gasteiger partial charge in [0.1, 0.15) is 17.9 Å². The van der Waals surface area contributed by atoms with E-state index in [1.165, 1.54) is 13.0 Å². The van der Waals surface area contributed by atoms with E-state index in [-0.39, 0.29) is 29.5 Å². The number of nitrogens with two attached hydrogens (primary N) is 1. The van der Waals surface area contributed by atoms with Gasteiger partial charge < -0.3 is 25.1 Å². The van der Waals surface area contributed by atoms with Crippen molar-refractivity contribution in [2.75, 3.05) is 6.61 Å². The van der Waals surface area contributed by atoms with Crippen LogP contribution < -0.4 is 10.5 Å². The average Bonchev–Trinajstić information content (AvgIpc) is 3.36. The van der Waals surface area contributed by atoms with E-state index in [9.17, 15) is 17.7 Å². The maximum Gasteiger partial charge on any atom is 0.469 e. The molecule has 13 heteroatoms. The minimum absolute atomic E-state index is 0.0351. The number of nitrogens with one attached hydrogen (secondary N) is 1. The Bertz CT molecular complexity index is 1580. The van der Waals surface area contributed by atoms with Crippen molar-refractivity contribution in [3.05, 3.63) is 101 Å². The van der Waals surface area contributed by atoms with Crippen LogP contribution in [0, 0.1) is 6.57 Å². The molecule has 0 fully saturated rings. The summed E-state index contributed by atoms with van der Waals surface area (Å²) in [5.41, 5.74) is 5.88. The van der Waals surface area contributed by atoms with Gasteiger partial charge in [-0.25, -0.2) is 9.55 Å². The molecule has 1 aromatic heterocycles. The molecule has 5 N–H and O–H groups in total. The van der Waals surface area contributed by atoms with Gasteiger partial charge >= 0.3 is 14.0 Å². The Morgan fingerprint density at radius 2 is 1.65 bits per heavy atom. The highest BCUT2D eigenvalue weighted by molar-refractivity contribution is 7.46. The molecule has 0 aliphatic heterocycles. The molecule has 0 amide bonds. The highest BCUT2D eigenvalue weighted by Gasteiger charge is 2.36. The van der Waals surface area contributed by atoms with Crippen molar-refractivity contribution in [1.29, 1.82) is 0 Å². The number of halogens is 3. The first-order chi connectivity index (χ1) is 18.8. The van der Waals surface area contributed by atoms with Gasteiger partial charge in [0.15, 0.2) is 5.82 Å². The Kier molecular flexibility index (Phi) is 8.16. The highest BCUT2D eigenvalue weighted by atomic mass is 31.2. The van der Waals surface area contributed by atoms with Gasteiger partial charge in [-0.1, -0.05) is 67.2 Å². The highest BCUT2D eigenvalue weighted by Crippen LogP contribution is 2.42. The van der Waals surface area contributed by atoms with Crippen LogP contribution in [0.3, 0.4) is 0 Å². The molecular weight excluding hydrogens is 548 g/mol. The van der Waals surface area contributed by atoms with Crippen LogP contribution in [0.4, 0.5) is 19.0 Å². The van der Waals surface area contributed by atoms with Crippen LogP contribution in [0.1, 0.15) is 23.9 Å². The largest absolute Gasteiger partial charge is 0.488 e. The first-order valence-corrected chi connectivity index (χ1v) is 13.3. The molecule has 40 heavy (non-hydrogen) atoms. The third-order valence-corrected chi connectivity index (χ3v) is 6.35. The lowest BCUT2D eigenvalue weighted by atomic mass is 10.0. The minimum Gasteiger partial charge on any atom is -0.488 e. The fourth-order valence-corrected chi connectivity index (χ4v) is 4.25. The van der Waals surface area contributed by atoms with Crippen LogP contribution in [0.25, 0.3) is 27.2 Å². The monoisotopic (exact) mass is 572 g/mol. The molecule has 208 valence electrons. The number of hydrogen-bond donors (Lipinski definition) is 4. The summed E-state index contributed by atoms with van der Waals surface area (Å²) in [5.74, 6) is -0.708. The van der Waals surface area contributed by atoms with E-state index in [1.807, 2.05) is 42.5 Å². The van der Waals surface area contributed by atoms with Crippen LogP contribution in [0.2, 0.25) is 0 Å². The first kappa shape index (κ1) is 29.0. The molecule has 0 bridgehead atoms. The Balaban J connectivity index is 1.59. The number of nitrogens with zero attached hydrogens (tertiary/aromatic N) is 2. The summed E-state index contributed by atoms with van der Waals surface area (Å²) in [5, 5.41) is 0. The van der Waals surface area contributed by atoms with Crippen LogP contribution in [0.5, 0.6) is 5.75 Å². The molecule has 4 rings (SSSR count). The second kappa shape index (κ2) is 11.3. The third-order valence-electron chi connectivity index (χ3n) is 5.88. The maximum absolute atomic E-state index is 14.0. The molecule has 0 saturated carbocycles. The summed E-state index contributed by atoms with van der Waals surface area (Å²) < 4.78 is 63.1. The smallest absolute Gasteiger partial charge is 0.469 e. The number of phosphoric acid groups is 1. The topological polar surface area (TPSA) is 135 Å². The summed E-state index contributed by atoms with van der Waals surface area (Å²) in [6.07, 6.45) is -4.78. The van der Waals surface area contributed by atoms with Crippen molar-refractivity contribution in [2.24, 2.45) is 5.73 Å². The number of aromatic amines is 1. The number of H-pyrrole nitrogens is 1. The van der Waals surface area contributed by atoms with Gasteiger partial charge in [0, 0.05) is 0 Å². The van der Waals surface area contributed by atoms with Crippen molar-refractivity contribution in [3.63, 3.8) is 0 Å². The SMILES string of the molecule is [C-]#[N+]c1[nH]c([C@@](C)(N)COP(=O)(O)O)nc1-c1ccc(OCc2ccc(-c3ccccc3)cc2)c(C(F)(F)F)c1. The normalized spacial score (nSPS) is 13.4. The van der Waals surface area contributed by atoms with Gasteiger partial charge in [0.2, 0.25) is 0 Å². The number of hydrogen-bond acceptors (Lipinski definition) is 5. The predicted octanol–water partition coefficient (Wildman–Crippen LogP) is 6.18. The van der Waals surface area contributed by atoms with Crippen molar-refractivity contribution in [1.82, 2.24) is 9.97 Å². The predicted molar refractivity (Wildman–Crippen MR) is 141 cm³/mol. The Morgan fingerprint density at radius 1 is 1.02 bits per heavy atom. The van der Waals surface area contributed by atoms with Gasteiger partial charge in [-0.05, 0) is 41.3 Å². The zero-order valence-corrected chi connectivity index (χ0v) is 21.9. The third kappa shape index (κ3) is 6.96. The molecule has 1 heterocycles. The fraction of sp³-hybridized carbons (Fsp3) is 0.185. The summed E-state index contributed by atoms with van der Waals surface area (Å²) in [6.45, 7) is 7.97. The van der Waals surface area contributed by atoms with E-state index in [0.29, 0.717) is 5.56 Å². The minimum atomic E-state index is -4.85. The van der Waals surface area contributed by atoms with E-state index in [2.05, 4.69) is 19.3 Å². The second-order valence-corrected chi connectivity index (χ2v) is 10.4. The van der Waals surface area contributed by atoms with Gasteiger partial charge in [0.05, 0.1) is 17.9 Å². The summed E-state index contributed by atoms with van der Waals surface area (Å²) in [6, 6.07) is 20.2. The van der Waals surface area contributed by atoms with E-state index in [1.54, 1.807) is 12.1 Å². The van der Waals surface area contributed by atoms with Crippen molar-refractivity contribution < 1.29 is 36.8 Å². The van der Waals surface area contributed by atoms with Crippen LogP contribution in [-0.2, 0) is 27.4 Å². The van der Waals surface area contributed by atoms with Crippen molar-refractivity contribution in [3.8, 4) is 28.1 Å². The lowest BCUT2D eigenvalue weighted by molar-refractivity contribution is -0.139. The van der Waals surface area contributed by atoms with Gasteiger partial charge in [0.25, 0.3) is 5.82 Å². The van der Waals surface area contributed by atoms with Crippen LogP contribution >= 0.6 is 7.82 Å². The summed E-state index contributed by atoms with van der Waals surface area (Å²) in [4.78, 5) is 28.0. The standard InChI is InChI=1S/C27H24F3N4O5P/c1-26(31,16-39-40(35,36)37)25-33-23(24(32-2)34-25)20-12-13-22(21(14-20)27(28,29)30)38-15-17-8-10-19(11-9-17)18-6-4-3-5-7-18/h3-14H,15-16,31H2,1H3,(H,33,34)(H2,35,36,37)/t26-/m0/s1. The zero-order chi connectivity index (χ0) is 29.1. The fourth-order valence-electron chi connectivity index (χ4n) is 3.81. The zero-order valence-electron chi connectivity index (χ0n) is 21.0. The lowest BCUT2D eigenvalue weighted by Gasteiger charge is -2.20. The molecule has 0 spiro atoms. The van der Waals surface area contributed by atoms with Crippen LogP contribution in [-0.4, -0.2) is 26.4 Å². The number of benzene rings is 3. The Morgan fingerprint density at radius 3 is 2.25 bits per heavy atom. The van der Waals surface area contributed by atoms with Gasteiger partial charge in [-0.2, -0.15) is 13.2 Å². The molecule has 3 aromatic carbocycles. The first-order valence-electron chi connectivity index (χ1n) is 11.7. The molecule has 0 aliphatic rings. The number of imidazole rings is 1. The Labute approximate surface area is 227 Å². The second-order valence-electron chi connectivity index (χ2n) is 9.14. The number of ether oxygens (including phenoxy) is 1. The molecule has 1 atom stereocenters. The number of rotatable bonds is 9. The van der Waals surface area contributed by atoms with E-state index >= 15 is 0 Å². The van der Waals surface area contributed by atoms with Crippen molar-refractivity contribution in [2.45, 2.75) is 25.2 Å². The molecule has 0 radical (unpaired) electrons. The Hall–Kier alpha value is -3.98. The van der Waals surface area contributed by atoms with Crippen molar-refractivity contribution >= 4 is 13.6 Å². The maximum atomic E-state index is 14.0. The van der Waals surface area contributed by atoms with E-state index in [0.717, 1.165) is 23.3 Å². The van der Waals surface area contributed by atoms with Gasteiger partial charge in [-0.15, -0.1) is 0 Å². The molecule has 0 saturated heterocycles.